The highest BCUT2D eigenvalue weighted by Crippen LogP contribution is 2.47. The quantitative estimate of drug-likeness (QED) is 0.258. The van der Waals surface area contributed by atoms with Gasteiger partial charge in [0.1, 0.15) is 17.1 Å². The van der Waals surface area contributed by atoms with E-state index in [0.29, 0.717) is 17.3 Å². The van der Waals surface area contributed by atoms with E-state index in [9.17, 15) is 19.1 Å². The molecule has 1 atom stereocenters. The first-order chi connectivity index (χ1) is 21.4. The number of amides is 1. The predicted octanol–water partition coefficient (Wildman–Crippen LogP) is 4.79. The number of pyridine rings is 1. The van der Waals surface area contributed by atoms with Gasteiger partial charge in [0.15, 0.2) is 23.3 Å². The van der Waals surface area contributed by atoms with Crippen molar-refractivity contribution in [2.24, 2.45) is 0 Å². The first-order valence-corrected chi connectivity index (χ1v) is 14.4. The monoisotopic (exact) mass is 622 g/mol. The van der Waals surface area contributed by atoms with E-state index in [-0.39, 0.29) is 60.6 Å². The lowest BCUT2D eigenvalue weighted by molar-refractivity contribution is -0.126. The number of benzene rings is 2. The van der Waals surface area contributed by atoms with Crippen molar-refractivity contribution < 1.29 is 27.5 Å². The minimum absolute atomic E-state index is 0.0118. The molecule has 0 bridgehead atoms. The molecule has 1 fully saturated rings. The molecule has 45 heavy (non-hydrogen) atoms. The number of aromatic nitrogens is 3. The van der Waals surface area contributed by atoms with Gasteiger partial charge in [0, 0.05) is 39.4 Å². The molecule has 1 N–H and O–H groups in total. The first kappa shape index (κ1) is 30.1. The average molecular weight is 623 g/mol. The molecule has 2 aromatic carbocycles. The van der Waals surface area contributed by atoms with Gasteiger partial charge in [0.2, 0.25) is 5.91 Å². The number of carbonyl (C=O) groups excluding carboxylic acids is 1. The fourth-order valence-corrected chi connectivity index (χ4v) is 6.46. The maximum Gasteiger partial charge on any atom is 0.354 e. The molecule has 1 unspecified atom stereocenters. The Morgan fingerprint density at radius 3 is 2.47 bits per heavy atom. The van der Waals surface area contributed by atoms with Crippen LogP contribution in [0, 0.1) is 30.2 Å². The lowest BCUT2D eigenvalue weighted by Gasteiger charge is -2.41. The third kappa shape index (κ3) is 4.51. The maximum atomic E-state index is 17.2. The van der Waals surface area contributed by atoms with Gasteiger partial charge in [0.05, 0.1) is 39.6 Å². The molecule has 234 valence electrons. The van der Waals surface area contributed by atoms with Gasteiger partial charge in [-0.15, -0.1) is 0 Å². The second-order valence-corrected chi connectivity index (χ2v) is 11.6. The van der Waals surface area contributed by atoms with Gasteiger partial charge in [-0.05, 0) is 42.7 Å². The molecule has 1 saturated heterocycles. The minimum atomic E-state index is -1.66. The number of likely N-dealkylation sites (N-methyl/N-ethyl adjacent to an activating group) is 1. The SMILES string of the molecule is C=CC(=O)N1CCN2c3nc(=O)n(-c4c(C)ccnc4C(C)C)c4c(F)c(-c5c(O)ccc(F)c5F)c(F)c(c34)N(C)CC2C1. The van der Waals surface area contributed by atoms with Crippen LogP contribution in [0.5, 0.6) is 5.75 Å². The Kier molecular flexibility index (Phi) is 7.29. The fraction of sp³-hybridized carbons (Fsp3) is 0.312. The highest BCUT2D eigenvalue weighted by molar-refractivity contribution is 6.06. The Morgan fingerprint density at radius 1 is 1.04 bits per heavy atom. The zero-order chi connectivity index (χ0) is 32.5. The molecule has 0 saturated carbocycles. The Balaban J connectivity index is 1.80. The molecule has 1 amide bonds. The molecular weight excluding hydrogens is 592 g/mol. The number of anilines is 2. The molecule has 13 heteroatoms. The van der Waals surface area contributed by atoms with Crippen LogP contribution in [-0.4, -0.2) is 69.7 Å². The summed E-state index contributed by atoms with van der Waals surface area (Å²) < 4.78 is 64.8. The van der Waals surface area contributed by atoms with Crippen molar-refractivity contribution in [3.05, 3.63) is 82.1 Å². The number of aromatic hydroxyl groups is 1. The standard InChI is InChI=1S/C32H30F4N6O3/c1-6-20(44)40-11-12-41-17(14-40)13-39(5)29-23-30(26(36)22(25(29)35)21-19(43)8-7-18(33)24(21)34)42(32(45)38-31(23)41)28-16(4)9-10-37-27(28)15(2)3/h6-10,15,17,43H,1,11-14H2,2-5H3. The molecule has 6 rings (SSSR count). The predicted molar refractivity (Wildman–Crippen MR) is 162 cm³/mol. The number of rotatable bonds is 4. The van der Waals surface area contributed by atoms with Crippen molar-refractivity contribution in [2.45, 2.75) is 32.7 Å². The second-order valence-electron chi connectivity index (χ2n) is 11.6. The van der Waals surface area contributed by atoms with E-state index in [1.54, 1.807) is 29.0 Å². The van der Waals surface area contributed by atoms with Crippen molar-refractivity contribution in [3.63, 3.8) is 0 Å². The normalized spacial score (nSPS) is 16.3. The number of hydrogen-bond acceptors (Lipinski definition) is 7. The van der Waals surface area contributed by atoms with Crippen molar-refractivity contribution in [2.75, 3.05) is 43.0 Å². The Morgan fingerprint density at radius 2 is 1.78 bits per heavy atom. The summed E-state index contributed by atoms with van der Waals surface area (Å²) >= 11 is 0. The van der Waals surface area contributed by atoms with Gasteiger partial charge in [-0.1, -0.05) is 20.4 Å². The molecular formula is C32H30F4N6O3. The number of aryl methyl sites for hydroxylation is 1. The molecule has 2 aliphatic rings. The Bertz CT molecular complexity index is 1980. The van der Waals surface area contributed by atoms with Crippen molar-refractivity contribution >= 4 is 28.3 Å². The third-order valence-corrected chi connectivity index (χ3v) is 8.52. The van der Waals surface area contributed by atoms with E-state index < -0.39 is 57.4 Å². The Labute approximate surface area is 255 Å². The number of carbonyl (C=O) groups is 1. The van der Waals surface area contributed by atoms with E-state index in [2.05, 4.69) is 16.5 Å². The number of piperazine rings is 1. The lowest BCUT2D eigenvalue weighted by atomic mass is 9.97. The minimum Gasteiger partial charge on any atom is -0.507 e. The third-order valence-electron chi connectivity index (χ3n) is 8.52. The zero-order valence-electron chi connectivity index (χ0n) is 25.0. The van der Waals surface area contributed by atoms with Gasteiger partial charge in [0.25, 0.3) is 0 Å². The first-order valence-electron chi connectivity index (χ1n) is 14.4. The molecule has 0 aliphatic carbocycles. The number of hydrogen-bond donors (Lipinski definition) is 1. The van der Waals surface area contributed by atoms with Crippen LogP contribution in [0.15, 0.2) is 41.8 Å². The highest BCUT2D eigenvalue weighted by atomic mass is 19.2. The smallest absolute Gasteiger partial charge is 0.354 e. The molecule has 0 radical (unpaired) electrons. The average Bonchev–Trinajstić information content (AvgIpc) is 3.12. The van der Waals surface area contributed by atoms with Crippen LogP contribution < -0.4 is 15.5 Å². The number of phenolic OH excluding ortho intramolecular Hbond substituents is 1. The molecule has 2 aliphatic heterocycles. The number of fused-ring (bicyclic) bond motifs is 2. The van der Waals surface area contributed by atoms with E-state index in [1.807, 2.05) is 13.8 Å². The summed E-state index contributed by atoms with van der Waals surface area (Å²) in [5.41, 5.74) is -2.46. The molecule has 2 aromatic heterocycles. The zero-order valence-corrected chi connectivity index (χ0v) is 25.0. The summed E-state index contributed by atoms with van der Waals surface area (Å²) in [5.74, 6) is -7.21. The number of phenols is 1. The molecule has 4 aromatic rings. The van der Waals surface area contributed by atoms with E-state index in [1.165, 1.54) is 18.0 Å². The van der Waals surface area contributed by atoms with E-state index in [4.69, 9.17) is 0 Å². The Hall–Kier alpha value is -4.94. The van der Waals surface area contributed by atoms with Crippen LogP contribution in [0.3, 0.4) is 0 Å². The van der Waals surface area contributed by atoms with Crippen molar-refractivity contribution in [1.82, 2.24) is 19.4 Å². The highest BCUT2D eigenvalue weighted by Gasteiger charge is 2.40. The van der Waals surface area contributed by atoms with Crippen molar-refractivity contribution in [3.8, 4) is 22.6 Å². The van der Waals surface area contributed by atoms with Gasteiger partial charge >= 0.3 is 5.69 Å². The van der Waals surface area contributed by atoms with Gasteiger partial charge in [-0.25, -0.2) is 22.4 Å². The van der Waals surface area contributed by atoms with Crippen LogP contribution >= 0.6 is 0 Å². The molecule has 0 spiro atoms. The summed E-state index contributed by atoms with van der Waals surface area (Å²) in [6.07, 6.45) is 2.74. The topological polar surface area (TPSA) is 94.8 Å². The summed E-state index contributed by atoms with van der Waals surface area (Å²) in [6.45, 7) is 9.61. The summed E-state index contributed by atoms with van der Waals surface area (Å²) in [6, 6.07) is 2.57. The van der Waals surface area contributed by atoms with Crippen LogP contribution in [0.25, 0.3) is 27.7 Å². The van der Waals surface area contributed by atoms with Gasteiger partial charge in [-0.2, -0.15) is 4.98 Å². The summed E-state index contributed by atoms with van der Waals surface area (Å²) in [4.78, 5) is 40.2. The molecule has 9 nitrogen and oxygen atoms in total. The van der Waals surface area contributed by atoms with Crippen LogP contribution in [0.2, 0.25) is 0 Å². The van der Waals surface area contributed by atoms with Crippen LogP contribution in [-0.2, 0) is 4.79 Å². The maximum absolute atomic E-state index is 17.2. The summed E-state index contributed by atoms with van der Waals surface area (Å²) in [7, 11) is 1.53. The lowest BCUT2D eigenvalue weighted by Crippen LogP contribution is -2.57. The van der Waals surface area contributed by atoms with Crippen molar-refractivity contribution in [1.29, 1.82) is 0 Å². The number of nitrogens with zero attached hydrogens (tertiary/aromatic N) is 6. The van der Waals surface area contributed by atoms with E-state index >= 15 is 13.2 Å². The fourth-order valence-electron chi connectivity index (χ4n) is 6.46. The largest absolute Gasteiger partial charge is 0.507 e. The van der Waals surface area contributed by atoms with Gasteiger partial charge in [-0.3, -0.25) is 14.3 Å². The van der Waals surface area contributed by atoms with Crippen LogP contribution in [0.1, 0.15) is 31.0 Å². The second kappa shape index (κ2) is 10.9. The van der Waals surface area contributed by atoms with E-state index in [0.717, 1.165) is 10.6 Å². The van der Waals surface area contributed by atoms with Crippen LogP contribution in [0.4, 0.5) is 29.1 Å². The number of halogens is 4. The van der Waals surface area contributed by atoms with Gasteiger partial charge < -0.3 is 19.8 Å². The summed E-state index contributed by atoms with van der Waals surface area (Å²) in [5, 5.41) is 10.5. The molecule has 4 heterocycles.